The summed E-state index contributed by atoms with van der Waals surface area (Å²) in [6, 6.07) is 12.9. The maximum absolute atomic E-state index is 11.9. The number of rotatable bonds is 6. The van der Waals surface area contributed by atoms with Gasteiger partial charge in [-0.25, -0.2) is 0 Å². The van der Waals surface area contributed by atoms with E-state index in [0.717, 1.165) is 15.8 Å². The van der Waals surface area contributed by atoms with Gasteiger partial charge >= 0.3 is 0 Å². The van der Waals surface area contributed by atoms with Gasteiger partial charge in [0.2, 0.25) is 0 Å². The molecule has 22 heavy (non-hydrogen) atoms. The summed E-state index contributed by atoms with van der Waals surface area (Å²) in [5, 5.41) is 2.78. The molecule has 5 heteroatoms. The van der Waals surface area contributed by atoms with Gasteiger partial charge in [0, 0.05) is 16.2 Å². The van der Waals surface area contributed by atoms with Crippen LogP contribution in [0.25, 0.3) is 0 Å². The predicted molar refractivity (Wildman–Crippen MR) is 90.6 cm³/mol. The molecule has 2 aromatic carbocycles. The number of ether oxygens (including phenoxy) is 2. The number of carbonyl (C=O) groups is 1. The Morgan fingerprint density at radius 3 is 2.64 bits per heavy atom. The van der Waals surface area contributed by atoms with E-state index >= 15 is 0 Å². The molecular formula is C17H18BrNO3. The zero-order valence-electron chi connectivity index (χ0n) is 12.6. The van der Waals surface area contributed by atoms with Gasteiger partial charge in [-0.3, -0.25) is 4.79 Å². The van der Waals surface area contributed by atoms with Crippen molar-refractivity contribution in [2.45, 2.75) is 13.8 Å². The Bertz CT molecular complexity index is 658. The van der Waals surface area contributed by atoms with E-state index in [1.807, 2.05) is 50.2 Å². The Morgan fingerprint density at radius 2 is 1.91 bits per heavy atom. The van der Waals surface area contributed by atoms with E-state index < -0.39 is 0 Å². The molecule has 0 aliphatic rings. The average molecular weight is 364 g/mol. The average Bonchev–Trinajstić information content (AvgIpc) is 2.49. The van der Waals surface area contributed by atoms with Gasteiger partial charge in [-0.05, 0) is 49.7 Å². The molecule has 0 aliphatic heterocycles. The molecule has 0 heterocycles. The highest BCUT2D eigenvalue weighted by Crippen LogP contribution is 2.21. The fourth-order valence-electron chi connectivity index (χ4n) is 1.88. The van der Waals surface area contributed by atoms with Crippen molar-refractivity contribution in [3.63, 3.8) is 0 Å². The second kappa shape index (κ2) is 7.84. The Hall–Kier alpha value is -2.01. The smallest absolute Gasteiger partial charge is 0.262 e. The highest BCUT2D eigenvalue weighted by Gasteiger charge is 2.05. The molecule has 0 fully saturated rings. The van der Waals surface area contributed by atoms with Crippen LogP contribution in [-0.4, -0.2) is 19.1 Å². The number of hydrogen-bond acceptors (Lipinski definition) is 3. The van der Waals surface area contributed by atoms with Crippen molar-refractivity contribution in [1.82, 2.24) is 0 Å². The van der Waals surface area contributed by atoms with Crippen LogP contribution in [-0.2, 0) is 4.79 Å². The molecule has 0 spiro atoms. The molecule has 116 valence electrons. The molecule has 0 bridgehead atoms. The highest BCUT2D eigenvalue weighted by molar-refractivity contribution is 9.10. The number of benzene rings is 2. The molecule has 0 saturated heterocycles. The number of halogens is 1. The molecule has 0 aromatic heterocycles. The molecule has 0 saturated carbocycles. The third kappa shape index (κ3) is 4.77. The van der Waals surface area contributed by atoms with Gasteiger partial charge in [0.25, 0.3) is 5.91 Å². The predicted octanol–water partition coefficient (Wildman–Crippen LogP) is 4.17. The molecule has 1 N–H and O–H groups in total. The third-order valence-corrected chi connectivity index (χ3v) is 3.82. The zero-order valence-corrected chi connectivity index (χ0v) is 14.1. The summed E-state index contributed by atoms with van der Waals surface area (Å²) in [5.74, 6) is 1.18. The van der Waals surface area contributed by atoms with Crippen molar-refractivity contribution in [3.8, 4) is 11.5 Å². The quantitative estimate of drug-likeness (QED) is 0.837. The van der Waals surface area contributed by atoms with E-state index in [-0.39, 0.29) is 12.5 Å². The molecule has 0 aliphatic carbocycles. The third-order valence-electron chi connectivity index (χ3n) is 2.93. The fourth-order valence-corrected chi connectivity index (χ4v) is 2.13. The van der Waals surface area contributed by atoms with Crippen LogP contribution in [0.1, 0.15) is 12.5 Å². The summed E-state index contributed by atoms with van der Waals surface area (Å²) in [4.78, 5) is 11.9. The van der Waals surface area contributed by atoms with Crippen molar-refractivity contribution >= 4 is 27.5 Å². The lowest BCUT2D eigenvalue weighted by Crippen LogP contribution is -2.20. The lowest BCUT2D eigenvalue weighted by molar-refractivity contribution is -0.118. The van der Waals surface area contributed by atoms with Gasteiger partial charge in [-0.2, -0.15) is 0 Å². The van der Waals surface area contributed by atoms with Crippen LogP contribution in [0.5, 0.6) is 11.5 Å². The minimum atomic E-state index is -0.214. The monoisotopic (exact) mass is 363 g/mol. The minimum absolute atomic E-state index is 0.0417. The number of amides is 1. The van der Waals surface area contributed by atoms with Crippen LogP contribution in [0.2, 0.25) is 0 Å². The summed E-state index contributed by atoms with van der Waals surface area (Å²) in [7, 11) is 0. The van der Waals surface area contributed by atoms with E-state index in [1.54, 1.807) is 6.07 Å². The number of nitrogens with one attached hydrogen (secondary N) is 1. The van der Waals surface area contributed by atoms with Gasteiger partial charge in [0.05, 0.1) is 6.61 Å². The van der Waals surface area contributed by atoms with E-state index in [9.17, 15) is 4.79 Å². The van der Waals surface area contributed by atoms with Crippen molar-refractivity contribution in [2.24, 2.45) is 0 Å². The number of hydrogen-bond donors (Lipinski definition) is 1. The van der Waals surface area contributed by atoms with Gasteiger partial charge in [-0.1, -0.05) is 22.0 Å². The van der Waals surface area contributed by atoms with Crippen molar-refractivity contribution in [1.29, 1.82) is 0 Å². The van der Waals surface area contributed by atoms with Crippen LogP contribution in [0.3, 0.4) is 0 Å². The number of aryl methyl sites for hydroxylation is 1. The zero-order chi connectivity index (χ0) is 15.9. The van der Waals surface area contributed by atoms with Gasteiger partial charge < -0.3 is 14.8 Å². The second-order valence-corrected chi connectivity index (χ2v) is 5.56. The first kappa shape index (κ1) is 16.4. The van der Waals surface area contributed by atoms with Gasteiger partial charge in [0.15, 0.2) is 6.61 Å². The topological polar surface area (TPSA) is 47.6 Å². The van der Waals surface area contributed by atoms with E-state index in [0.29, 0.717) is 18.0 Å². The first-order valence-corrected chi connectivity index (χ1v) is 7.79. The van der Waals surface area contributed by atoms with E-state index in [2.05, 4.69) is 21.2 Å². The molecule has 4 nitrogen and oxygen atoms in total. The Morgan fingerprint density at radius 1 is 1.14 bits per heavy atom. The lowest BCUT2D eigenvalue weighted by atomic mass is 10.2. The van der Waals surface area contributed by atoms with Crippen molar-refractivity contribution < 1.29 is 14.3 Å². The molecule has 0 unspecified atom stereocenters. The summed E-state index contributed by atoms with van der Waals surface area (Å²) in [6.45, 7) is 4.43. The summed E-state index contributed by atoms with van der Waals surface area (Å²) >= 11 is 3.43. The first-order chi connectivity index (χ1) is 10.6. The standard InChI is InChI=1S/C17H18BrNO3/c1-3-21-14-6-4-5-13(10-14)19-17(20)11-22-15-7-8-16(18)12(2)9-15/h4-10H,3,11H2,1-2H3,(H,19,20). The first-order valence-electron chi connectivity index (χ1n) is 7.00. The van der Waals surface area contributed by atoms with E-state index in [1.165, 1.54) is 0 Å². The Kier molecular flexibility index (Phi) is 5.83. The van der Waals surface area contributed by atoms with Crippen LogP contribution in [0.15, 0.2) is 46.9 Å². The second-order valence-electron chi connectivity index (χ2n) is 4.71. The number of anilines is 1. The molecule has 1 amide bonds. The van der Waals surface area contributed by atoms with Crippen LogP contribution < -0.4 is 14.8 Å². The molecule has 0 radical (unpaired) electrons. The molecular weight excluding hydrogens is 346 g/mol. The maximum atomic E-state index is 11.9. The van der Waals surface area contributed by atoms with Gasteiger partial charge in [0.1, 0.15) is 11.5 Å². The summed E-state index contributed by atoms with van der Waals surface area (Å²) in [6.07, 6.45) is 0. The summed E-state index contributed by atoms with van der Waals surface area (Å²) < 4.78 is 11.9. The van der Waals surface area contributed by atoms with Crippen molar-refractivity contribution in [2.75, 3.05) is 18.5 Å². The molecule has 0 atom stereocenters. The number of carbonyl (C=O) groups excluding carboxylic acids is 1. The lowest BCUT2D eigenvalue weighted by Gasteiger charge is -2.10. The van der Waals surface area contributed by atoms with Crippen LogP contribution >= 0.6 is 15.9 Å². The SMILES string of the molecule is CCOc1cccc(NC(=O)COc2ccc(Br)c(C)c2)c1. The largest absolute Gasteiger partial charge is 0.494 e. The normalized spacial score (nSPS) is 10.1. The van der Waals surface area contributed by atoms with Crippen LogP contribution in [0, 0.1) is 6.92 Å². The Balaban J connectivity index is 1.90. The maximum Gasteiger partial charge on any atom is 0.262 e. The minimum Gasteiger partial charge on any atom is -0.494 e. The molecule has 2 aromatic rings. The highest BCUT2D eigenvalue weighted by atomic mass is 79.9. The summed E-state index contributed by atoms with van der Waals surface area (Å²) in [5.41, 5.74) is 1.74. The molecule has 2 rings (SSSR count). The van der Waals surface area contributed by atoms with Gasteiger partial charge in [-0.15, -0.1) is 0 Å². The Labute approximate surface area is 138 Å². The fraction of sp³-hybridized carbons (Fsp3) is 0.235. The van der Waals surface area contributed by atoms with Crippen molar-refractivity contribution in [3.05, 3.63) is 52.5 Å². The van der Waals surface area contributed by atoms with E-state index in [4.69, 9.17) is 9.47 Å². The van der Waals surface area contributed by atoms with Crippen LogP contribution in [0.4, 0.5) is 5.69 Å².